The summed E-state index contributed by atoms with van der Waals surface area (Å²) in [6.45, 7) is 2.38. The van der Waals surface area contributed by atoms with E-state index in [-0.39, 0.29) is 5.91 Å². The number of hydrogen-bond acceptors (Lipinski definition) is 5. The third-order valence-corrected chi connectivity index (χ3v) is 7.21. The van der Waals surface area contributed by atoms with Gasteiger partial charge in [-0.3, -0.25) is 9.59 Å². The summed E-state index contributed by atoms with van der Waals surface area (Å²) in [7, 11) is 0. The van der Waals surface area contributed by atoms with Gasteiger partial charge in [-0.2, -0.15) is 0 Å². The first-order valence-corrected chi connectivity index (χ1v) is 11.2. The number of primary amides is 1. The van der Waals surface area contributed by atoms with Crippen molar-refractivity contribution in [3.05, 3.63) is 81.9 Å². The van der Waals surface area contributed by atoms with Crippen molar-refractivity contribution in [1.82, 2.24) is 9.88 Å². The Morgan fingerprint density at radius 1 is 1.17 bits per heavy atom. The zero-order valence-corrected chi connectivity index (χ0v) is 17.6. The van der Waals surface area contributed by atoms with Crippen LogP contribution in [0.4, 0.5) is 0 Å². The summed E-state index contributed by atoms with van der Waals surface area (Å²) in [6, 6.07) is 14.8. The van der Waals surface area contributed by atoms with Gasteiger partial charge in [-0.05, 0) is 35.7 Å². The molecule has 1 aliphatic heterocycles. The van der Waals surface area contributed by atoms with Crippen LogP contribution in [0.1, 0.15) is 32.7 Å². The second-order valence-electron chi connectivity index (χ2n) is 7.06. The number of aryl methyl sites for hydroxylation is 1. The lowest BCUT2D eigenvalue weighted by Crippen LogP contribution is -2.51. The van der Waals surface area contributed by atoms with E-state index in [1.165, 1.54) is 0 Å². The lowest BCUT2D eigenvalue weighted by atomic mass is 9.93. The minimum Gasteiger partial charge on any atom is -0.368 e. The molecule has 2 aromatic carbocycles. The number of carbonyl (C=O) groups excluding carboxylic acids is 2. The van der Waals surface area contributed by atoms with Crippen LogP contribution < -0.4 is 5.73 Å². The molecule has 2 N–H and O–H groups in total. The van der Waals surface area contributed by atoms with Crippen molar-refractivity contribution in [2.24, 2.45) is 5.73 Å². The van der Waals surface area contributed by atoms with Crippen LogP contribution >= 0.6 is 23.1 Å². The number of amides is 2. The Hall–Kier alpha value is -2.64. The van der Waals surface area contributed by atoms with Crippen LogP contribution in [0.5, 0.6) is 0 Å². The van der Waals surface area contributed by atoms with Crippen LogP contribution in [0.2, 0.25) is 0 Å². The Labute approximate surface area is 178 Å². The van der Waals surface area contributed by atoms with E-state index in [0.717, 1.165) is 32.5 Å². The molecule has 0 radical (unpaired) electrons. The summed E-state index contributed by atoms with van der Waals surface area (Å²) >= 11 is 3.32. The fourth-order valence-corrected chi connectivity index (χ4v) is 5.25. The second kappa shape index (κ2) is 8.39. The van der Waals surface area contributed by atoms with E-state index in [2.05, 4.69) is 4.98 Å². The van der Waals surface area contributed by atoms with Crippen molar-refractivity contribution in [3.63, 3.8) is 0 Å². The fraction of sp³-hybridized carbons (Fsp3) is 0.227. The molecule has 0 aliphatic carbocycles. The highest BCUT2D eigenvalue weighted by atomic mass is 32.2. The normalized spacial score (nSPS) is 15.8. The predicted molar refractivity (Wildman–Crippen MR) is 116 cm³/mol. The molecule has 0 fully saturated rings. The lowest BCUT2D eigenvalue weighted by molar-refractivity contribution is -0.122. The smallest absolute Gasteiger partial charge is 0.254 e. The molecule has 1 aromatic heterocycles. The number of nitrogens with two attached hydrogens (primary N) is 1. The van der Waals surface area contributed by atoms with Crippen molar-refractivity contribution in [1.29, 1.82) is 0 Å². The molecule has 0 saturated carbocycles. The molecule has 1 aliphatic rings. The molecule has 2 amide bonds. The van der Waals surface area contributed by atoms with Gasteiger partial charge in [0, 0.05) is 35.4 Å². The Kier molecular flexibility index (Phi) is 5.69. The van der Waals surface area contributed by atoms with Crippen molar-refractivity contribution in [2.75, 3.05) is 0 Å². The number of aromatic nitrogens is 1. The van der Waals surface area contributed by atoms with E-state index in [1.54, 1.807) is 28.0 Å². The topological polar surface area (TPSA) is 76.3 Å². The molecule has 5 nitrogen and oxygen atoms in total. The van der Waals surface area contributed by atoms with Gasteiger partial charge in [0.15, 0.2) is 0 Å². The Balaban J connectivity index is 1.48. The first-order chi connectivity index (χ1) is 14.0. The SMILES string of the molecule is Cc1csc(SCc2ccc(C(=O)N3Cc4ccccc4CC3C(N)=O)cc2)n1. The Morgan fingerprint density at radius 2 is 1.90 bits per heavy atom. The highest BCUT2D eigenvalue weighted by molar-refractivity contribution is 8.00. The molecule has 0 saturated heterocycles. The monoisotopic (exact) mass is 423 g/mol. The largest absolute Gasteiger partial charge is 0.368 e. The number of rotatable bonds is 5. The van der Waals surface area contributed by atoms with E-state index in [1.807, 2.05) is 60.8 Å². The third kappa shape index (κ3) is 4.36. The van der Waals surface area contributed by atoms with Gasteiger partial charge in [0.2, 0.25) is 5.91 Å². The van der Waals surface area contributed by atoms with Gasteiger partial charge >= 0.3 is 0 Å². The Morgan fingerprint density at radius 3 is 2.55 bits per heavy atom. The van der Waals surface area contributed by atoms with Crippen molar-refractivity contribution < 1.29 is 9.59 Å². The summed E-state index contributed by atoms with van der Waals surface area (Å²) in [5.74, 6) is 0.153. The number of thioether (sulfide) groups is 1. The maximum Gasteiger partial charge on any atom is 0.254 e. The standard InChI is InChI=1S/C22H21N3O2S2/c1-14-12-28-22(24-14)29-13-15-6-8-16(9-7-15)21(27)25-11-18-5-3-2-4-17(18)10-19(25)20(23)26/h2-9,12,19H,10-11,13H2,1H3,(H2,23,26). The van der Waals surface area contributed by atoms with Gasteiger partial charge in [0.05, 0.1) is 0 Å². The summed E-state index contributed by atoms with van der Waals surface area (Å²) in [5, 5.41) is 2.04. The van der Waals surface area contributed by atoms with Crippen LogP contribution in [0.3, 0.4) is 0 Å². The molecule has 0 spiro atoms. The van der Waals surface area contributed by atoms with Crippen LogP contribution in [0, 0.1) is 6.92 Å². The molecule has 0 bridgehead atoms. The van der Waals surface area contributed by atoms with Crippen LogP contribution in [-0.4, -0.2) is 27.7 Å². The third-order valence-electron chi connectivity index (χ3n) is 5.00. The number of nitrogens with zero attached hydrogens (tertiary/aromatic N) is 2. The van der Waals surface area contributed by atoms with E-state index in [4.69, 9.17) is 5.73 Å². The summed E-state index contributed by atoms with van der Waals surface area (Å²) < 4.78 is 1.04. The average Bonchev–Trinajstić information content (AvgIpc) is 3.16. The zero-order chi connectivity index (χ0) is 20.4. The number of fused-ring (bicyclic) bond motifs is 1. The van der Waals surface area contributed by atoms with Crippen LogP contribution in [0.25, 0.3) is 0 Å². The molecule has 7 heteroatoms. The molecular weight excluding hydrogens is 402 g/mol. The zero-order valence-electron chi connectivity index (χ0n) is 16.0. The van der Waals surface area contributed by atoms with Gasteiger partial charge < -0.3 is 10.6 Å². The van der Waals surface area contributed by atoms with E-state index in [0.29, 0.717) is 18.5 Å². The molecule has 4 rings (SSSR count). The summed E-state index contributed by atoms with van der Waals surface area (Å²) in [5.41, 5.74) is 10.5. The highest BCUT2D eigenvalue weighted by Gasteiger charge is 2.33. The molecule has 1 atom stereocenters. The Bertz CT molecular complexity index is 1050. The van der Waals surface area contributed by atoms with Crippen LogP contribution in [0.15, 0.2) is 58.3 Å². The summed E-state index contributed by atoms with van der Waals surface area (Å²) in [4.78, 5) is 31.2. The van der Waals surface area contributed by atoms with E-state index >= 15 is 0 Å². The second-order valence-corrected chi connectivity index (χ2v) is 9.15. The van der Waals surface area contributed by atoms with Gasteiger partial charge in [-0.15, -0.1) is 11.3 Å². The molecule has 29 heavy (non-hydrogen) atoms. The van der Waals surface area contributed by atoms with Crippen molar-refractivity contribution >= 4 is 34.9 Å². The first-order valence-electron chi connectivity index (χ1n) is 9.32. The number of thiazole rings is 1. The molecule has 148 valence electrons. The molecule has 2 heterocycles. The minimum absolute atomic E-state index is 0.168. The van der Waals surface area contributed by atoms with Crippen molar-refractivity contribution in [2.45, 2.75) is 36.0 Å². The van der Waals surface area contributed by atoms with Gasteiger partial charge in [0.1, 0.15) is 10.4 Å². The number of hydrogen-bond donors (Lipinski definition) is 1. The fourth-order valence-electron chi connectivity index (χ4n) is 3.44. The number of benzene rings is 2. The van der Waals surface area contributed by atoms with Crippen LogP contribution in [-0.2, 0) is 23.5 Å². The predicted octanol–water partition coefficient (Wildman–Crippen LogP) is 3.80. The molecule has 3 aromatic rings. The lowest BCUT2D eigenvalue weighted by Gasteiger charge is -2.35. The number of carbonyl (C=O) groups is 2. The quantitative estimate of drug-likeness (QED) is 0.634. The molecule has 1 unspecified atom stereocenters. The maximum atomic E-state index is 13.1. The maximum absolute atomic E-state index is 13.1. The van der Waals surface area contributed by atoms with Crippen molar-refractivity contribution in [3.8, 4) is 0 Å². The highest BCUT2D eigenvalue weighted by Crippen LogP contribution is 2.27. The molecular formula is C22H21N3O2S2. The van der Waals surface area contributed by atoms with Gasteiger partial charge in [-0.1, -0.05) is 48.2 Å². The van der Waals surface area contributed by atoms with Gasteiger partial charge in [0.25, 0.3) is 5.91 Å². The summed E-state index contributed by atoms with van der Waals surface area (Å²) in [6.07, 6.45) is 0.458. The van der Waals surface area contributed by atoms with E-state index < -0.39 is 11.9 Å². The first kappa shape index (κ1) is 19.7. The van der Waals surface area contributed by atoms with E-state index in [9.17, 15) is 9.59 Å². The van der Waals surface area contributed by atoms with Gasteiger partial charge in [-0.25, -0.2) is 4.98 Å². The minimum atomic E-state index is -0.624. The average molecular weight is 424 g/mol.